The van der Waals surface area contributed by atoms with Gasteiger partial charge in [0.1, 0.15) is 0 Å². The lowest BCUT2D eigenvalue weighted by Crippen LogP contribution is -2.32. The molecule has 0 aliphatic carbocycles. The maximum Gasteiger partial charge on any atom is 0.220 e. The van der Waals surface area contributed by atoms with Crippen molar-refractivity contribution in [3.63, 3.8) is 0 Å². The number of amides is 1. The van der Waals surface area contributed by atoms with Gasteiger partial charge in [0, 0.05) is 19.1 Å². The number of carbonyl (C=O) groups is 1. The molecule has 0 heterocycles. The van der Waals surface area contributed by atoms with E-state index in [0.29, 0.717) is 29.3 Å². The van der Waals surface area contributed by atoms with Crippen LogP contribution < -0.4 is 5.32 Å². The van der Waals surface area contributed by atoms with Crippen molar-refractivity contribution >= 4 is 29.1 Å². The molecule has 1 atom stereocenters. The Morgan fingerprint density at radius 1 is 1.42 bits per heavy atom. The van der Waals surface area contributed by atoms with Crippen LogP contribution in [-0.4, -0.2) is 23.7 Å². The largest absolute Gasteiger partial charge is 0.396 e. The first kappa shape index (κ1) is 16.3. The summed E-state index contributed by atoms with van der Waals surface area (Å²) in [7, 11) is 0. The van der Waals surface area contributed by atoms with Gasteiger partial charge >= 0.3 is 0 Å². The van der Waals surface area contributed by atoms with Gasteiger partial charge in [-0.1, -0.05) is 35.3 Å². The van der Waals surface area contributed by atoms with Crippen LogP contribution in [0.2, 0.25) is 10.0 Å². The summed E-state index contributed by atoms with van der Waals surface area (Å²) in [5.41, 5.74) is 0.882. The van der Waals surface area contributed by atoms with Crippen molar-refractivity contribution in [2.24, 2.45) is 0 Å². The van der Waals surface area contributed by atoms with E-state index >= 15 is 0 Å². The van der Waals surface area contributed by atoms with E-state index < -0.39 is 0 Å². The average Bonchev–Trinajstić information content (AvgIpc) is 2.38. The Balaban J connectivity index is 2.40. The molecule has 3 nitrogen and oxygen atoms in total. The number of benzene rings is 1. The fraction of sp³-hybridized carbons (Fsp3) is 0.500. The van der Waals surface area contributed by atoms with Gasteiger partial charge in [-0.15, -0.1) is 0 Å². The number of hydrogen-bond donors (Lipinski definition) is 2. The van der Waals surface area contributed by atoms with Crippen molar-refractivity contribution in [3.05, 3.63) is 33.8 Å². The molecule has 0 saturated heterocycles. The fourth-order valence-electron chi connectivity index (χ4n) is 1.81. The molecule has 5 heteroatoms. The van der Waals surface area contributed by atoms with E-state index in [9.17, 15) is 4.79 Å². The highest BCUT2D eigenvalue weighted by Gasteiger charge is 2.09. The van der Waals surface area contributed by atoms with Crippen LogP contribution in [0.3, 0.4) is 0 Å². The molecule has 0 aliphatic rings. The van der Waals surface area contributed by atoms with Gasteiger partial charge in [0.05, 0.1) is 10.0 Å². The molecule has 2 N–H and O–H groups in total. The number of halogens is 2. The fourth-order valence-corrected chi connectivity index (χ4v) is 2.22. The van der Waals surface area contributed by atoms with Crippen molar-refractivity contribution in [2.45, 2.75) is 38.6 Å². The molecule has 19 heavy (non-hydrogen) atoms. The third-order valence-corrected chi connectivity index (χ3v) is 3.71. The molecule has 0 aliphatic heterocycles. The lowest BCUT2D eigenvalue weighted by atomic mass is 10.1. The van der Waals surface area contributed by atoms with Gasteiger partial charge in [0.15, 0.2) is 0 Å². The van der Waals surface area contributed by atoms with Gasteiger partial charge in [-0.3, -0.25) is 4.79 Å². The quantitative estimate of drug-likeness (QED) is 0.812. The Kier molecular flexibility index (Phi) is 7.21. The molecule has 1 unspecified atom stereocenters. The minimum absolute atomic E-state index is 0.0125. The Labute approximate surface area is 123 Å². The lowest BCUT2D eigenvalue weighted by molar-refractivity contribution is -0.121. The van der Waals surface area contributed by atoms with Gasteiger partial charge in [0.25, 0.3) is 0 Å². The monoisotopic (exact) mass is 303 g/mol. The molecule has 106 valence electrons. The number of aryl methyl sites for hydroxylation is 1. The van der Waals surface area contributed by atoms with E-state index in [1.165, 1.54) is 0 Å². The third-order valence-electron chi connectivity index (χ3n) is 2.86. The van der Waals surface area contributed by atoms with Gasteiger partial charge < -0.3 is 10.4 Å². The van der Waals surface area contributed by atoms with Crippen molar-refractivity contribution in [3.8, 4) is 0 Å². The summed E-state index contributed by atoms with van der Waals surface area (Å²) >= 11 is 12.0. The summed E-state index contributed by atoms with van der Waals surface area (Å²) in [6.07, 6.45) is 2.42. The number of carbonyl (C=O) groups excluding carboxylic acids is 1. The molecule has 0 saturated carbocycles. The maximum absolute atomic E-state index is 11.7. The second-order valence-electron chi connectivity index (χ2n) is 4.55. The number of hydrogen-bond acceptors (Lipinski definition) is 2. The Morgan fingerprint density at radius 2 is 2.16 bits per heavy atom. The summed E-state index contributed by atoms with van der Waals surface area (Å²) in [5.74, 6) is -0.0125. The molecule has 1 amide bonds. The van der Waals surface area contributed by atoms with E-state index in [0.717, 1.165) is 12.0 Å². The second kappa shape index (κ2) is 8.41. The van der Waals surface area contributed by atoms with E-state index in [1.807, 2.05) is 19.1 Å². The molecular weight excluding hydrogens is 285 g/mol. The predicted octanol–water partition coefficient (Wildman–Crippen LogP) is 3.20. The first-order valence-corrected chi connectivity index (χ1v) is 7.13. The van der Waals surface area contributed by atoms with Gasteiger partial charge in [-0.05, 0) is 37.8 Å². The van der Waals surface area contributed by atoms with E-state index in [2.05, 4.69) is 5.32 Å². The minimum atomic E-state index is -0.0125. The second-order valence-corrected chi connectivity index (χ2v) is 5.33. The van der Waals surface area contributed by atoms with Crippen LogP contribution in [0.4, 0.5) is 0 Å². The Bertz CT molecular complexity index is 424. The van der Waals surface area contributed by atoms with Gasteiger partial charge in [-0.25, -0.2) is 0 Å². The normalized spacial score (nSPS) is 12.2. The zero-order valence-corrected chi connectivity index (χ0v) is 12.5. The van der Waals surface area contributed by atoms with E-state index in [1.54, 1.807) is 6.07 Å². The van der Waals surface area contributed by atoms with Crippen LogP contribution in [0.15, 0.2) is 18.2 Å². The van der Waals surface area contributed by atoms with Crippen LogP contribution in [0.25, 0.3) is 0 Å². The van der Waals surface area contributed by atoms with Crippen molar-refractivity contribution in [1.82, 2.24) is 5.32 Å². The molecule has 0 radical (unpaired) electrons. The van der Waals surface area contributed by atoms with Gasteiger partial charge in [-0.2, -0.15) is 0 Å². The SMILES string of the molecule is CC(CCCO)NC(=O)CCc1cccc(Cl)c1Cl. The molecule has 0 fully saturated rings. The topological polar surface area (TPSA) is 49.3 Å². The first-order valence-electron chi connectivity index (χ1n) is 6.37. The molecule has 1 rings (SSSR count). The summed E-state index contributed by atoms with van der Waals surface area (Å²) in [4.78, 5) is 11.7. The number of nitrogens with one attached hydrogen (secondary N) is 1. The Hall–Kier alpha value is -0.770. The summed E-state index contributed by atoms with van der Waals surface area (Å²) in [6, 6.07) is 5.50. The van der Waals surface area contributed by atoms with Crippen molar-refractivity contribution < 1.29 is 9.90 Å². The zero-order chi connectivity index (χ0) is 14.3. The number of aliphatic hydroxyl groups excluding tert-OH is 1. The number of rotatable bonds is 7. The smallest absolute Gasteiger partial charge is 0.220 e. The molecule has 0 aromatic heterocycles. The summed E-state index contributed by atoms with van der Waals surface area (Å²) < 4.78 is 0. The third kappa shape index (κ3) is 5.81. The highest BCUT2D eigenvalue weighted by molar-refractivity contribution is 6.42. The first-order chi connectivity index (χ1) is 9.04. The van der Waals surface area contributed by atoms with Crippen LogP contribution in [0, 0.1) is 0 Å². The van der Waals surface area contributed by atoms with Crippen LogP contribution in [-0.2, 0) is 11.2 Å². The molecule has 0 bridgehead atoms. The molecular formula is C14H19Cl2NO2. The standard InChI is InChI=1S/C14H19Cl2NO2/c1-10(4-3-9-18)17-13(19)8-7-11-5-2-6-12(15)14(11)16/h2,5-6,10,18H,3-4,7-9H2,1H3,(H,17,19). The summed E-state index contributed by atoms with van der Waals surface area (Å²) in [5, 5.41) is 12.6. The van der Waals surface area contributed by atoms with Crippen LogP contribution in [0.1, 0.15) is 31.7 Å². The van der Waals surface area contributed by atoms with Crippen molar-refractivity contribution in [1.29, 1.82) is 0 Å². The maximum atomic E-state index is 11.7. The highest BCUT2D eigenvalue weighted by Crippen LogP contribution is 2.26. The van der Waals surface area contributed by atoms with E-state index in [-0.39, 0.29) is 18.6 Å². The molecule has 0 spiro atoms. The van der Waals surface area contributed by atoms with Gasteiger partial charge in [0.2, 0.25) is 5.91 Å². The lowest BCUT2D eigenvalue weighted by Gasteiger charge is -2.13. The summed E-state index contributed by atoms with van der Waals surface area (Å²) in [6.45, 7) is 2.08. The molecule has 1 aromatic carbocycles. The highest BCUT2D eigenvalue weighted by atomic mass is 35.5. The van der Waals surface area contributed by atoms with Crippen LogP contribution in [0.5, 0.6) is 0 Å². The molecule has 1 aromatic rings. The van der Waals surface area contributed by atoms with Crippen LogP contribution >= 0.6 is 23.2 Å². The minimum Gasteiger partial charge on any atom is -0.396 e. The average molecular weight is 304 g/mol. The number of aliphatic hydroxyl groups is 1. The predicted molar refractivity (Wildman–Crippen MR) is 78.7 cm³/mol. The Morgan fingerprint density at radius 3 is 2.84 bits per heavy atom. The zero-order valence-electron chi connectivity index (χ0n) is 11.0. The van der Waals surface area contributed by atoms with Crippen molar-refractivity contribution in [2.75, 3.05) is 6.61 Å². The van der Waals surface area contributed by atoms with E-state index in [4.69, 9.17) is 28.3 Å².